The van der Waals surface area contributed by atoms with Crippen LogP contribution in [0.4, 0.5) is 4.79 Å². The Morgan fingerprint density at radius 1 is 1.09 bits per heavy atom. The van der Waals surface area contributed by atoms with Crippen molar-refractivity contribution < 1.29 is 23.5 Å². The molecule has 188 valence electrons. The number of benzene rings is 1. The highest BCUT2D eigenvalue weighted by molar-refractivity contribution is 5.69. The van der Waals surface area contributed by atoms with Gasteiger partial charge < -0.3 is 18.8 Å². The molecule has 4 saturated heterocycles. The number of nitrogens with zero attached hydrogens (tertiary/aromatic N) is 5. The minimum Gasteiger partial charge on any atom is -0.444 e. The molecule has 1 aromatic carbocycles. The molecular weight excluding hydrogens is 450 g/mol. The number of ether oxygens (including phenoxy) is 2. The fourth-order valence-electron chi connectivity index (χ4n) is 5.27. The molecule has 0 radical (unpaired) electrons. The van der Waals surface area contributed by atoms with Crippen molar-refractivity contribution in [1.29, 1.82) is 0 Å². The van der Waals surface area contributed by atoms with Crippen LogP contribution in [0.5, 0.6) is 0 Å². The van der Waals surface area contributed by atoms with Crippen LogP contribution in [0.15, 0.2) is 34.7 Å². The molecule has 4 aliphatic heterocycles. The normalized spacial score (nSPS) is 30.5. The standard InChI is InChI=1S/C25H33N5O5/c1-25(2,3)35-24(31)28-12-17(13-28)11-20-26-27-21(33-20)19-10-9-18-14-29(19)22-23(34-22)30(18)32-15-16-7-5-4-6-8-16/h4-8,17-19,22-23H,9-15H2,1-3H3/t18-,19+,22?,23?/m1/s1. The second-order valence-corrected chi connectivity index (χ2v) is 11.0. The first-order valence-electron chi connectivity index (χ1n) is 12.5. The highest BCUT2D eigenvalue weighted by Gasteiger charge is 2.59. The molecule has 5 heterocycles. The number of piperazine rings is 1. The Kier molecular flexibility index (Phi) is 5.79. The molecule has 2 bridgehead atoms. The summed E-state index contributed by atoms with van der Waals surface area (Å²) in [5, 5.41) is 10.7. The Morgan fingerprint density at radius 2 is 1.89 bits per heavy atom. The highest BCUT2D eigenvalue weighted by Crippen LogP contribution is 2.46. The van der Waals surface area contributed by atoms with Crippen LogP contribution >= 0.6 is 0 Å². The average Bonchev–Trinajstić information content (AvgIpc) is 3.45. The maximum absolute atomic E-state index is 12.1. The van der Waals surface area contributed by atoms with Crippen molar-refractivity contribution in [3.8, 4) is 0 Å². The minimum absolute atomic E-state index is 0.00306. The van der Waals surface area contributed by atoms with Crippen LogP contribution in [0.25, 0.3) is 0 Å². The van der Waals surface area contributed by atoms with Gasteiger partial charge in [0.05, 0.1) is 18.7 Å². The van der Waals surface area contributed by atoms with Gasteiger partial charge in [0, 0.05) is 32.0 Å². The van der Waals surface area contributed by atoms with Gasteiger partial charge in [-0.1, -0.05) is 30.3 Å². The van der Waals surface area contributed by atoms with E-state index < -0.39 is 5.60 Å². The molecule has 35 heavy (non-hydrogen) atoms. The number of hydroxylamine groups is 2. The van der Waals surface area contributed by atoms with Gasteiger partial charge in [-0.15, -0.1) is 10.2 Å². The second kappa shape index (κ2) is 8.85. The Labute approximate surface area is 205 Å². The third-order valence-electron chi connectivity index (χ3n) is 7.04. The predicted molar refractivity (Wildman–Crippen MR) is 123 cm³/mol. The number of carbonyl (C=O) groups excluding carboxylic acids is 1. The number of epoxide rings is 1. The number of carbonyl (C=O) groups is 1. The van der Waals surface area contributed by atoms with E-state index in [-0.39, 0.29) is 30.6 Å². The number of amides is 1. The van der Waals surface area contributed by atoms with Gasteiger partial charge in [-0.2, -0.15) is 5.06 Å². The van der Waals surface area contributed by atoms with E-state index in [0.717, 1.165) is 24.9 Å². The van der Waals surface area contributed by atoms with Gasteiger partial charge in [0.25, 0.3) is 0 Å². The van der Waals surface area contributed by atoms with Crippen molar-refractivity contribution in [2.75, 3.05) is 19.6 Å². The van der Waals surface area contributed by atoms with Crippen LogP contribution in [0.2, 0.25) is 0 Å². The lowest BCUT2D eigenvalue weighted by atomic mass is 9.95. The van der Waals surface area contributed by atoms with Crippen molar-refractivity contribution in [3.63, 3.8) is 0 Å². The predicted octanol–water partition coefficient (Wildman–Crippen LogP) is 3.11. The van der Waals surface area contributed by atoms with E-state index in [4.69, 9.17) is 18.7 Å². The molecule has 10 nitrogen and oxygen atoms in total. The van der Waals surface area contributed by atoms with Gasteiger partial charge in [-0.05, 0) is 39.2 Å². The van der Waals surface area contributed by atoms with Crippen LogP contribution in [-0.4, -0.2) is 74.9 Å². The molecule has 4 aliphatic rings. The van der Waals surface area contributed by atoms with E-state index in [1.165, 1.54) is 0 Å². The molecule has 1 amide bonds. The first kappa shape index (κ1) is 22.9. The number of piperidine rings is 1. The van der Waals surface area contributed by atoms with Crippen LogP contribution in [-0.2, 0) is 27.3 Å². The monoisotopic (exact) mass is 483 g/mol. The minimum atomic E-state index is -0.480. The molecule has 0 aliphatic carbocycles. The van der Waals surface area contributed by atoms with E-state index in [0.29, 0.717) is 43.8 Å². The van der Waals surface area contributed by atoms with Gasteiger partial charge in [-0.25, -0.2) is 4.79 Å². The van der Waals surface area contributed by atoms with E-state index in [9.17, 15) is 4.79 Å². The molecule has 0 saturated carbocycles. The van der Waals surface area contributed by atoms with Crippen molar-refractivity contribution in [3.05, 3.63) is 47.7 Å². The van der Waals surface area contributed by atoms with Crippen LogP contribution < -0.4 is 0 Å². The summed E-state index contributed by atoms with van der Waals surface area (Å²) >= 11 is 0. The fraction of sp³-hybridized carbons (Fsp3) is 0.640. The van der Waals surface area contributed by atoms with E-state index in [1.807, 2.05) is 39.0 Å². The number of fused-ring (bicyclic) bond motifs is 4. The van der Waals surface area contributed by atoms with E-state index in [1.54, 1.807) is 4.90 Å². The van der Waals surface area contributed by atoms with Crippen LogP contribution in [0.1, 0.15) is 57.0 Å². The largest absolute Gasteiger partial charge is 0.444 e. The molecule has 2 aromatic rings. The maximum Gasteiger partial charge on any atom is 0.410 e. The van der Waals surface area contributed by atoms with Gasteiger partial charge >= 0.3 is 6.09 Å². The van der Waals surface area contributed by atoms with Crippen LogP contribution in [0, 0.1) is 5.92 Å². The Balaban J connectivity index is 1.01. The molecule has 0 spiro atoms. The molecule has 10 heteroatoms. The summed E-state index contributed by atoms with van der Waals surface area (Å²) in [7, 11) is 0. The molecule has 4 fully saturated rings. The zero-order valence-corrected chi connectivity index (χ0v) is 20.5. The van der Waals surface area contributed by atoms with Crippen molar-refractivity contribution in [2.45, 2.75) is 76.8 Å². The van der Waals surface area contributed by atoms with Crippen molar-refractivity contribution in [2.24, 2.45) is 5.92 Å². The fourth-order valence-corrected chi connectivity index (χ4v) is 5.27. The zero-order chi connectivity index (χ0) is 24.2. The van der Waals surface area contributed by atoms with Crippen LogP contribution in [0.3, 0.4) is 0 Å². The number of rotatable bonds is 6. The molecular formula is C25H33N5O5. The second-order valence-electron chi connectivity index (χ2n) is 11.0. The Morgan fingerprint density at radius 3 is 2.66 bits per heavy atom. The molecule has 1 aromatic heterocycles. The summed E-state index contributed by atoms with van der Waals surface area (Å²) in [4.78, 5) is 22.4. The SMILES string of the molecule is CC(C)(C)OC(=O)N1CC(Cc2nnc([C@@H]3CC[C@@H]4CN3C3OC3N4OCc3ccccc3)o2)C1. The van der Waals surface area contributed by atoms with Crippen molar-refractivity contribution >= 4 is 6.09 Å². The number of likely N-dealkylation sites (tertiary alicyclic amines) is 1. The lowest BCUT2D eigenvalue weighted by Gasteiger charge is -2.44. The summed E-state index contributed by atoms with van der Waals surface area (Å²) in [5.74, 6) is 1.61. The Hall–Kier alpha value is -2.53. The van der Waals surface area contributed by atoms with Gasteiger partial charge in [-0.3, -0.25) is 9.74 Å². The van der Waals surface area contributed by atoms with Crippen molar-refractivity contribution in [1.82, 2.24) is 25.1 Å². The van der Waals surface area contributed by atoms with E-state index >= 15 is 0 Å². The van der Waals surface area contributed by atoms with Gasteiger partial charge in [0.1, 0.15) is 5.60 Å². The molecule has 6 rings (SSSR count). The first-order chi connectivity index (χ1) is 16.8. The third-order valence-corrected chi connectivity index (χ3v) is 7.04. The summed E-state index contributed by atoms with van der Waals surface area (Å²) in [6, 6.07) is 10.6. The smallest absolute Gasteiger partial charge is 0.410 e. The topological polar surface area (TPSA) is 96.7 Å². The molecule has 5 atom stereocenters. The summed E-state index contributed by atoms with van der Waals surface area (Å²) in [5.41, 5.74) is 0.673. The summed E-state index contributed by atoms with van der Waals surface area (Å²) in [6.45, 7) is 8.34. The Bertz CT molecular complexity index is 1050. The van der Waals surface area contributed by atoms with Gasteiger partial charge in [0.15, 0.2) is 12.5 Å². The molecule has 0 N–H and O–H groups in total. The quantitative estimate of drug-likeness (QED) is 0.574. The lowest BCUT2D eigenvalue weighted by Crippen LogP contribution is -2.56. The highest BCUT2D eigenvalue weighted by atomic mass is 16.8. The number of hydrogen-bond donors (Lipinski definition) is 0. The third kappa shape index (κ3) is 4.80. The summed E-state index contributed by atoms with van der Waals surface area (Å²) in [6.07, 6.45) is 2.26. The maximum atomic E-state index is 12.1. The number of hydrogen-bond acceptors (Lipinski definition) is 9. The first-order valence-corrected chi connectivity index (χ1v) is 12.5. The van der Waals surface area contributed by atoms with E-state index in [2.05, 4.69) is 32.3 Å². The summed E-state index contributed by atoms with van der Waals surface area (Å²) < 4.78 is 17.5. The van der Waals surface area contributed by atoms with Gasteiger partial charge in [0.2, 0.25) is 11.8 Å². The average molecular weight is 484 g/mol. The lowest BCUT2D eigenvalue weighted by molar-refractivity contribution is -0.240. The number of aromatic nitrogens is 2. The molecule has 3 unspecified atom stereocenters. The zero-order valence-electron chi connectivity index (χ0n) is 20.5.